The fraction of sp³-hybridized carbons (Fsp3) is 0.556. The largest absolute Gasteiger partial charge is 0.316 e. The lowest BCUT2D eigenvalue weighted by atomic mass is 9.96. The molecule has 0 unspecified atom stereocenters. The first-order valence-electron chi connectivity index (χ1n) is 4.62. The van der Waals surface area contributed by atoms with E-state index in [2.05, 4.69) is 15.5 Å². The first-order valence-corrected chi connectivity index (χ1v) is 4.62. The molecule has 13 heavy (non-hydrogen) atoms. The summed E-state index contributed by atoms with van der Waals surface area (Å²) in [7, 11) is 0. The summed E-state index contributed by atoms with van der Waals surface area (Å²) < 4.78 is 0. The molecule has 0 aromatic carbocycles. The third-order valence-corrected chi connectivity index (χ3v) is 2.42. The molecule has 1 fully saturated rings. The number of nitrogens with zero attached hydrogens (tertiary/aromatic N) is 1. The van der Waals surface area contributed by atoms with Crippen LogP contribution in [0.25, 0.3) is 0 Å². The number of H-pyrrole nitrogens is 1. The van der Waals surface area contributed by atoms with E-state index in [1.807, 2.05) is 6.07 Å². The quantitative estimate of drug-likeness (QED) is 0.649. The minimum absolute atomic E-state index is 0.132. The van der Waals surface area contributed by atoms with Crippen molar-refractivity contribution in [2.45, 2.75) is 18.8 Å². The van der Waals surface area contributed by atoms with E-state index < -0.39 is 0 Å². The van der Waals surface area contributed by atoms with Gasteiger partial charge in [0, 0.05) is 18.5 Å². The number of rotatable bonds is 1. The van der Waals surface area contributed by atoms with E-state index in [-0.39, 0.29) is 5.56 Å². The topological polar surface area (TPSA) is 57.8 Å². The summed E-state index contributed by atoms with van der Waals surface area (Å²) in [5, 5.41) is 9.80. The van der Waals surface area contributed by atoms with Gasteiger partial charge < -0.3 is 5.32 Å². The summed E-state index contributed by atoms with van der Waals surface area (Å²) in [6.07, 6.45) is 2.34. The lowest BCUT2D eigenvalue weighted by Crippen LogP contribution is -2.29. The Bertz CT molecular complexity index is 307. The summed E-state index contributed by atoms with van der Waals surface area (Å²) in [6, 6.07) is 3.35. The highest BCUT2D eigenvalue weighted by molar-refractivity contribution is 5.07. The first kappa shape index (κ1) is 8.44. The van der Waals surface area contributed by atoms with E-state index in [1.54, 1.807) is 0 Å². The van der Waals surface area contributed by atoms with Crippen LogP contribution < -0.4 is 10.9 Å². The number of piperidine rings is 1. The fourth-order valence-electron chi connectivity index (χ4n) is 1.69. The molecule has 0 bridgehead atoms. The maximum atomic E-state index is 10.8. The number of aromatic amines is 1. The highest BCUT2D eigenvalue weighted by atomic mass is 16.1. The van der Waals surface area contributed by atoms with Crippen LogP contribution >= 0.6 is 0 Å². The Morgan fingerprint density at radius 2 is 2.38 bits per heavy atom. The van der Waals surface area contributed by atoms with Gasteiger partial charge >= 0.3 is 0 Å². The van der Waals surface area contributed by atoms with Gasteiger partial charge in [-0.3, -0.25) is 4.79 Å². The van der Waals surface area contributed by atoms with Crippen molar-refractivity contribution in [1.29, 1.82) is 0 Å². The second kappa shape index (κ2) is 3.70. The summed E-state index contributed by atoms with van der Waals surface area (Å²) in [4.78, 5) is 10.8. The zero-order chi connectivity index (χ0) is 9.10. The van der Waals surface area contributed by atoms with Crippen LogP contribution in [0.2, 0.25) is 0 Å². The van der Waals surface area contributed by atoms with Crippen LogP contribution in [0.4, 0.5) is 0 Å². The maximum Gasteiger partial charge on any atom is 0.264 e. The average molecular weight is 179 g/mol. The van der Waals surface area contributed by atoms with Crippen LogP contribution in [-0.4, -0.2) is 23.3 Å². The number of hydrogen-bond acceptors (Lipinski definition) is 3. The normalized spacial score (nSPS) is 22.9. The Hall–Kier alpha value is -1.16. The molecule has 70 valence electrons. The summed E-state index contributed by atoms with van der Waals surface area (Å²) >= 11 is 0. The van der Waals surface area contributed by atoms with Crippen molar-refractivity contribution in [3.05, 3.63) is 28.2 Å². The molecule has 0 saturated carbocycles. The number of hydrogen-bond donors (Lipinski definition) is 2. The van der Waals surface area contributed by atoms with Crippen molar-refractivity contribution in [2.24, 2.45) is 0 Å². The lowest BCUT2D eigenvalue weighted by molar-refractivity contribution is 0.451. The van der Waals surface area contributed by atoms with Gasteiger partial charge in [0.2, 0.25) is 0 Å². The predicted molar refractivity (Wildman–Crippen MR) is 49.7 cm³/mol. The van der Waals surface area contributed by atoms with Crippen LogP contribution in [-0.2, 0) is 0 Å². The predicted octanol–water partition coefficient (Wildman–Crippen LogP) is 0.237. The van der Waals surface area contributed by atoms with E-state index >= 15 is 0 Å². The van der Waals surface area contributed by atoms with Crippen molar-refractivity contribution in [3.63, 3.8) is 0 Å². The average Bonchev–Trinajstić information content (AvgIpc) is 2.20. The number of nitrogens with one attached hydrogen (secondary N) is 2. The molecule has 1 atom stereocenters. The van der Waals surface area contributed by atoms with Crippen molar-refractivity contribution in [1.82, 2.24) is 15.5 Å². The molecule has 1 saturated heterocycles. The zero-order valence-corrected chi connectivity index (χ0v) is 7.42. The summed E-state index contributed by atoms with van der Waals surface area (Å²) in [6.45, 7) is 2.07. The van der Waals surface area contributed by atoms with Gasteiger partial charge in [0.1, 0.15) is 0 Å². The first-order chi connectivity index (χ1) is 6.36. The molecule has 2 heterocycles. The van der Waals surface area contributed by atoms with Gasteiger partial charge in [0.25, 0.3) is 5.56 Å². The molecule has 1 aromatic heterocycles. The summed E-state index contributed by atoms with van der Waals surface area (Å²) in [5.74, 6) is 0.464. The highest BCUT2D eigenvalue weighted by Crippen LogP contribution is 2.19. The Labute approximate surface area is 76.4 Å². The molecule has 1 aromatic rings. The lowest BCUT2D eigenvalue weighted by Gasteiger charge is -2.21. The van der Waals surface area contributed by atoms with Crippen molar-refractivity contribution in [2.75, 3.05) is 13.1 Å². The van der Waals surface area contributed by atoms with E-state index in [1.165, 1.54) is 12.5 Å². The molecular formula is C9H13N3O. The van der Waals surface area contributed by atoms with Gasteiger partial charge in [-0.25, -0.2) is 5.10 Å². The molecule has 4 heteroatoms. The monoisotopic (exact) mass is 179 g/mol. The Kier molecular flexibility index (Phi) is 2.40. The molecule has 0 radical (unpaired) electrons. The SMILES string of the molecule is O=c1ccc([C@H]2CCCNC2)n[nH]1. The van der Waals surface area contributed by atoms with Crippen LogP contribution in [0.15, 0.2) is 16.9 Å². The maximum absolute atomic E-state index is 10.8. The van der Waals surface area contributed by atoms with Crippen LogP contribution in [0.5, 0.6) is 0 Å². The third kappa shape index (κ3) is 1.95. The molecule has 0 spiro atoms. The molecule has 1 aliphatic rings. The fourth-order valence-corrected chi connectivity index (χ4v) is 1.69. The van der Waals surface area contributed by atoms with E-state index in [0.717, 1.165) is 25.2 Å². The Morgan fingerprint density at radius 3 is 3.00 bits per heavy atom. The molecule has 2 N–H and O–H groups in total. The van der Waals surface area contributed by atoms with Crippen molar-refractivity contribution >= 4 is 0 Å². The standard InChI is InChI=1S/C9H13N3O/c13-9-4-3-8(11-12-9)7-2-1-5-10-6-7/h3-4,7,10H,1-2,5-6H2,(H,12,13)/t7-/m0/s1. The molecule has 1 aliphatic heterocycles. The molecule has 4 nitrogen and oxygen atoms in total. The Morgan fingerprint density at radius 1 is 1.46 bits per heavy atom. The minimum Gasteiger partial charge on any atom is -0.316 e. The molecule has 2 rings (SSSR count). The zero-order valence-electron chi connectivity index (χ0n) is 7.42. The van der Waals surface area contributed by atoms with Gasteiger partial charge in [-0.2, -0.15) is 5.10 Å². The second-order valence-corrected chi connectivity index (χ2v) is 3.39. The van der Waals surface area contributed by atoms with Crippen LogP contribution in [0, 0.1) is 0 Å². The molecular weight excluding hydrogens is 166 g/mol. The van der Waals surface area contributed by atoms with Gasteiger partial charge in [-0.05, 0) is 25.5 Å². The van der Waals surface area contributed by atoms with Crippen molar-refractivity contribution < 1.29 is 0 Å². The minimum atomic E-state index is -0.132. The second-order valence-electron chi connectivity index (χ2n) is 3.39. The van der Waals surface area contributed by atoms with Crippen molar-refractivity contribution in [3.8, 4) is 0 Å². The van der Waals surface area contributed by atoms with Gasteiger partial charge in [-0.15, -0.1) is 0 Å². The van der Waals surface area contributed by atoms with E-state index in [0.29, 0.717) is 5.92 Å². The van der Waals surface area contributed by atoms with Gasteiger partial charge in [-0.1, -0.05) is 0 Å². The van der Waals surface area contributed by atoms with Gasteiger partial charge in [0.05, 0.1) is 5.69 Å². The number of aromatic nitrogens is 2. The Balaban J connectivity index is 2.14. The van der Waals surface area contributed by atoms with E-state index in [9.17, 15) is 4.79 Å². The van der Waals surface area contributed by atoms with E-state index in [4.69, 9.17) is 0 Å². The molecule has 0 aliphatic carbocycles. The van der Waals surface area contributed by atoms with Crippen LogP contribution in [0.3, 0.4) is 0 Å². The third-order valence-electron chi connectivity index (χ3n) is 2.42. The summed E-state index contributed by atoms with van der Waals surface area (Å²) in [5.41, 5.74) is 0.860. The highest BCUT2D eigenvalue weighted by Gasteiger charge is 2.15. The van der Waals surface area contributed by atoms with Gasteiger partial charge in [0.15, 0.2) is 0 Å². The smallest absolute Gasteiger partial charge is 0.264 e. The van der Waals surface area contributed by atoms with Crippen LogP contribution in [0.1, 0.15) is 24.5 Å². The molecule has 0 amide bonds.